The summed E-state index contributed by atoms with van der Waals surface area (Å²) in [6.07, 6.45) is 4.42. The van der Waals surface area contributed by atoms with E-state index in [1.807, 2.05) is 54.6 Å². The Bertz CT molecular complexity index is 1540. The maximum absolute atomic E-state index is 13.4. The van der Waals surface area contributed by atoms with Gasteiger partial charge in [0, 0.05) is 17.7 Å². The van der Waals surface area contributed by atoms with Crippen LogP contribution in [0.25, 0.3) is 5.69 Å². The Labute approximate surface area is 210 Å². The summed E-state index contributed by atoms with van der Waals surface area (Å²) in [4.78, 5) is 13.4. The quantitative estimate of drug-likeness (QED) is 0.430. The van der Waals surface area contributed by atoms with Crippen LogP contribution in [0.4, 0.5) is 11.5 Å². The lowest BCUT2D eigenvalue weighted by molar-refractivity contribution is 0.102. The molecular formula is C28H26N4O3S. The van der Waals surface area contributed by atoms with Gasteiger partial charge in [-0.05, 0) is 80.1 Å². The zero-order chi connectivity index (χ0) is 24.7. The fourth-order valence-corrected chi connectivity index (χ4v) is 6.65. The number of amides is 1. The van der Waals surface area contributed by atoms with Crippen LogP contribution >= 0.6 is 0 Å². The lowest BCUT2D eigenvalue weighted by Crippen LogP contribution is -2.35. The van der Waals surface area contributed by atoms with Gasteiger partial charge in [-0.1, -0.05) is 36.4 Å². The molecule has 0 atom stereocenters. The van der Waals surface area contributed by atoms with Crippen LogP contribution in [0.5, 0.6) is 0 Å². The monoisotopic (exact) mass is 498 g/mol. The number of anilines is 2. The Morgan fingerprint density at radius 2 is 1.58 bits per heavy atom. The maximum atomic E-state index is 13.4. The van der Waals surface area contributed by atoms with E-state index in [9.17, 15) is 13.2 Å². The molecule has 0 spiro atoms. The molecular weight excluding hydrogens is 472 g/mol. The Hall–Kier alpha value is -3.91. The van der Waals surface area contributed by atoms with Crippen LogP contribution in [-0.2, 0) is 29.3 Å². The molecule has 7 nitrogen and oxygen atoms in total. The molecule has 36 heavy (non-hydrogen) atoms. The van der Waals surface area contributed by atoms with Crippen LogP contribution in [0, 0.1) is 0 Å². The number of benzene rings is 3. The lowest BCUT2D eigenvalue weighted by atomic mass is 10.0. The summed E-state index contributed by atoms with van der Waals surface area (Å²) >= 11 is 0. The predicted molar refractivity (Wildman–Crippen MR) is 139 cm³/mol. The SMILES string of the molecule is O=C(Nc1c2c(nn1-c1ccccc1)CCC2)c1ccc(S(=O)(=O)N2CCCc3ccccc32)cc1. The Balaban J connectivity index is 1.27. The van der Waals surface area contributed by atoms with Gasteiger partial charge in [-0.2, -0.15) is 5.10 Å². The molecule has 1 N–H and O–H groups in total. The highest BCUT2D eigenvalue weighted by Gasteiger charge is 2.29. The van der Waals surface area contributed by atoms with E-state index in [0.29, 0.717) is 17.9 Å². The minimum Gasteiger partial charge on any atom is -0.306 e. The number of nitrogens with zero attached hydrogens (tertiary/aromatic N) is 3. The second-order valence-corrected chi connectivity index (χ2v) is 11.0. The van der Waals surface area contributed by atoms with Crippen molar-refractivity contribution in [3.63, 3.8) is 0 Å². The third-order valence-corrected chi connectivity index (χ3v) is 8.74. The second-order valence-electron chi connectivity index (χ2n) is 9.16. The molecule has 3 aromatic carbocycles. The smallest absolute Gasteiger partial charge is 0.264 e. The first-order valence-corrected chi connectivity index (χ1v) is 13.6. The van der Waals surface area contributed by atoms with Gasteiger partial charge < -0.3 is 5.32 Å². The summed E-state index contributed by atoms with van der Waals surface area (Å²) in [5.74, 6) is 0.384. The van der Waals surface area contributed by atoms with Crippen LogP contribution in [0.3, 0.4) is 0 Å². The highest BCUT2D eigenvalue weighted by atomic mass is 32.2. The molecule has 0 saturated carbocycles. The van der Waals surface area contributed by atoms with Crippen molar-refractivity contribution >= 4 is 27.4 Å². The van der Waals surface area contributed by atoms with E-state index in [4.69, 9.17) is 5.10 Å². The Morgan fingerprint density at radius 1 is 0.833 bits per heavy atom. The number of aromatic nitrogens is 2. The van der Waals surface area contributed by atoms with Crippen molar-refractivity contribution in [2.75, 3.05) is 16.2 Å². The van der Waals surface area contributed by atoms with Crippen molar-refractivity contribution in [1.29, 1.82) is 0 Å². The Morgan fingerprint density at radius 3 is 2.39 bits per heavy atom. The fourth-order valence-electron chi connectivity index (χ4n) is 5.11. The van der Waals surface area contributed by atoms with Crippen molar-refractivity contribution in [1.82, 2.24) is 9.78 Å². The fraction of sp³-hybridized carbons (Fsp3) is 0.214. The van der Waals surface area contributed by atoms with E-state index < -0.39 is 10.0 Å². The zero-order valence-electron chi connectivity index (χ0n) is 19.7. The topological polar surface area (TPSA) is 84.3 Å². The van der Waals surface area contributed by atoms with Crippen LogP contribution in [0.1, 0.15) is 40.0 Å². The summed E-state index contributed by atoms with van der Waals surface area (Å²) in [5.41, 5.74) is 5.11. The van der Waals surface area contributed by atoms with E-state index in [2.05, 4.69) is 5.32 Å². The van der Waals surface area contributed by atoms with Crippen molar-refractivity contribution in [3.05, 3.63) is 101 Å². The number of hydrogen-bond donors (Lipinski definition) is 1. The molecule has 4 aromatic rings. The second kappa shape index (κ2) is 8.95. The molecule has 0 bridgehead atoms. The maximum Gasteiger partial charge on any atom is 0.264 e. The molecule has 1 aliphatic carbocycles. The standard InChI is InChI=1S/C28H26N4O3S/c33-28(29-27-24-12-6-13-25(24)30-32(27)22-10-2-1-3-11-22)21-15-17-23(18-16-21)36(34,35)31-19-7-9-20-8-4-5-14-26(20)31/h1-5,8,10-11,14-18H,6-7,9,12-13,19H2,(H,29,33). The van der Waals surface area contributed by atoms with Gasteiger partial charge in [-0.25, -0.2) is 13.1 Å². The largest absolute Gasteiger partial charge is 0.306 e. The van der Waals surface area contributed by atoms with Crippen molar-refractivity contribution in [3.8, 4) is 5.69 Å². The lowest BCUT2D eigenvalue weighted by Gasteiger charge is -2.30. The summed E-state index contributed by atoms with van der Waals surface area (Å²) in [7, 11) is -3.73. The number of carbonyl (C=O) groups excluding carboxylic acids is 1. The molecule has 0 saturated heterocycles. The first-order valence-electron chi connectivity index (χ1n) is 12.2. The molecule has 182 valence electrons. The molecule has 1 amide bonds. The molecule has 1 aliphatic heterocycles. The van der Waals surface area contributed by atoms with E-state index in [0.717, 1.165) is 60.3 Å². The summed E-state index contributed by atoms with van der Waals surface area (Å²) in [5, 5.41) is 7.78. The summed E-state index contributed by atoms with van der Waals surface area (Å²) in [6, 6.07) is 23.5. The van der Waals surface area contributed by atoms with Gasteiger partial charge in [0.25, 0.3) is 15.9 Å². The normalized spacial score (nSPS) is 14.8. The van der Waals surface area contributed by atoms with Crippen LogP contribution in [0.15, 0.2) is 83.8 Å². The van der Waals surface area contributed by atoms with Crippen molar-refractivity contribution < 1.29 is 13.2 Å². The third kappa shape index (κ3) is 3.87. The van der Waals surface area contributed by atoms with E-state index in [-0.39, 0.29) is 10.8 Å². The van der Waals surface area contributed by atoms with E-state index in [1.54, 1.807) is 16.8 Å². The summed E-state index contributed by atoms with van der Waals surface area (Å²) in [6.45, 7) is 0.441. The predicted octanol–water partition coefficient (Wildman–Crippen LogP) is 4.75. The molecule has 8 heteroatoms. The van der Waals surface area contributed by atoms with Gasteiger partial charge in [0.15, 0.2) is 0 Å². The zero-order valence-corrected chi connectivity index (χ0v) is 20.5. The average Bonchev–Trinajstić information content (AvgIpc) is 3.51. The molecule has 6 rings (SSSR count). The van der Waals surface area contributed by atoms with Gasteiger partial charge in [-0.3, -0.25) is 9.10 Å². The van der Waals surface area contributed by atoms with Crippen LogP contribution in [0.2, 0.25) is 0 Å². The number of fused-ring (bicyclic) bond motifs is 2. The van der Waals surface area contributed by atoms with Crippen molar-refractivity contribution in [2.24, 2.45) is 0 Å². The molecule has 0 radical (unpaired) electrons. The molecule has 2 heterocycles. The summed E-state index contributed by atoms with van der Waals surface area (Å²) < 4.78 is 30.1. The van der Waals surface area contributed by atoms with Gasteiger partial charge in [0.1, 0.15) is 5.82 Å². The number of para-hydroxylation sites is 2. The Kier molecular flexibility index (Phi) is 5.60. The minimum atomic E-state index is -3.73. The molecule has 0 unspecified atom stereocenters. The number of hydrogen-bond acceptors (Lipinski definition) is 4. The van der Waals surface area contributed by atoms with E-state index in [1.165, 1.54) is 16.4 Å². The van der Waals surface area contributed by atoms with Crippen LogP contribution < -0.4 is 9.62 Å². The number of rotatable bonds is 5. The van der Waals surface area contributed by atoms with Crippen LogP contribution in [-0.4, -0.2) is 30.7 Å². The number of nitrogens with one attached hydrogen (secondary N) is 1. The highest BCUT2D eigenvalue weighted by Crippen LogP contribution is 2.33. The first-order chi connectivity index (χ1) is 17.5. The van der Waals surface area contributed by atoms with Crippen molar-refractivity contribution in [2.45, 2.75) is 37.0 Å². The third-order valence-electron chi connectivity index (χ3n) is 6.91. The number of carbonyl (C=O) groups is 1. The van der Waals surface area contributed by atoms with Gasteiger partial charge >= 0.3 is 0 Å². The molecule has 1 aromatic heterocycles. The van der Waals surface area contributed by atoms with E-state index >= 15 is 0 Å². The number of aryl methyl sites for hydroxylation is 2. The highest BCUT2D eigenvalue weighted by molar-refractivity contribution is 7.92. The van der Waals surface area contributed by atoms with Gasteiger partial charge in [0.2, 0.25) is 0 Å². The molecule has 0 fully saturated rings. The number of sulfonamides is 1. The minimum absolute atomic E-state index is 0.172. The molecule has 2 aliphatic rings. The average molecular weight is 499 g/mol. The van der Waals surface area contributed by atoms with Gasteiger partial charge in [-0.15, -0.1) is 0 Å². The first kappa shape index (κ1) is 22.5. The van der Waals surface area contributed by atoms with Gasteiger partial charge in [0.05, 0.1) is 22.0 Å².